The zero-order chi connectivity index (χ0) is 28.7. The van der Waals surface area contributed by atoms with Crippen molar-refractivity contribution in [3.05, 3.63) is 18.2 Å². The van der Waals surface area contributed by atoms with Crippen molar-refractivity contribution in [2.75, 3.05) is 13.1 Å². The largest absolute Gasteiger partial charge is 0.480 e. The van der Waals surface area contributed by atoms with E-state index in [1.54, 1.807) is 0 Å². The zero-order valence-corrected chi connectivity index (χ0v) is 21.4. The molecule has 0 aliphatic carbocycles. The number of aliphatic hydroxyl groups excluding tert-OH is 1. The molecule has 5 unspecified atom stereocenters. The first kappa shape index (κ1) is 32.3. The van der Waals surface area contributed by atoms with E-state index in [0.717, 1.165) is 0 Å². The van der Waals surface area contributed by atoms with Crippen LogP contribution in [0.15, 0.2) is 17.5 Å². The van der Waals surface area contributed by atoms with E-state index in [9.17, 15) is 29.4 Å². The molecule has 1 heterocycles. The Labute approximate surface area is 220 Å². The number of nitrogens with zero attached hydrogens (tertiary/aromatic N) is 2. The van der Waals surface area contributed by atoms with Gasteiger partial charge in [0.25, 0.3) is 0 Å². The summed E-state index contributed by atoms with van der Waals surface area (Å²) in [5, 5.41) is 26.9. The molecule has 0 radical (unpaired) electrons. The third kappa shape index (κ3) is 12.0. The van der Waals surface area contributed by atoms with E-state index in [4.69, 9.17) is 22.9 Å². The lowest BCUT2D eigenvalue weighted by atomic mass is 10.0. The number of unbranched alkanes of at least 4 members (excludes halogenated alkanes) is 1. The molecule has 16 nitrogen and oxygen atoms in total. The molecule has 0 spiro atoms. The first-order chi connectivity index (χ1) is 18.0. The van der Waals surface area contributed by atoms with E-state index in [2.05, 4.69) is 30.9 Å². The Bertz CT molecular complexity index is 920. The van der Waals surface area contributed by atoms with Crippen molar-refractivity contribution < 1.29 is 29.4 Å². The molecular formula is C22H40N10O6. The second-order valence-corrected chi connectivity index (χ2v) is 8.81. The average molecular weight is 541 g/mol. The number of imidazole rings is 1. The van der Waals surface area contributed by atoms with Gasteiger partial charge in [0.05, 0.1) is 18.5 Å². The number of carbonyl (C=O) groups excluding carboxylic acids is 3. The van der Waals surface area contributed by atoms with Gasteiger partial charge in [-0.15, -0.1) is 0 Å². The molecule has 0 aliphatic rings. The molecule has 5 atom stereocenters. The van der Waals surface area contributed by atoms with Crippen LogP contribution in [0.5, 0.6) is 0 Å². The molecule has 3 amide bonds. The van der Waals surface area contributed by atoms with Crippen molar-refractivity contribution in [2.45, 2.75) is 75.7 Å². The first-order valence-corrected chi connectivity index (χ1v) is 12.3. The van der Waals surface area contributed by atoms with Crippen LogP contribution in [0.3, 0.4) is 0 Å². The van der Waals surface area contributed by atoms with Gasteiger partial charge in [-0.05, 0) is 45.6 Å². The van der Waals surface area contributed by atoms with E-state index in [1.807, 2.05) is 0 Å². The zero-order valence-electron chi connectivity index (χ0n) is 21.4. The number of rotatable bonds is 18. The standard InChI is InChI=1S/C22H40N10O6/c1-12(33)17(20(36)31-16(21(37)38)6-4-8-28-22(25)26)32-19(35)15(5-2-3-7-23)30-18(34)14(24)9-13-10-27-11-29-13/h10-12,14-17,33H,2-9,23-24H2,1H3,(H,27,29)(H,30,34)(H,31,36)(H,32,35)(H,37,38)(H4,25,26,28). The van der Waals surface area contributed by atoms with Crippen LogP contribution < -0.4 is 38.9 Å². The van der Waals surface area contributed by atoms with Crippen LogP contribution >= 0.6 is 0 Å². The summed E-state index contributed by atoms with van der Waals surface area (Å²) in [5.74, 6) is -3.71. The number of hydrogen-bond donors (Lipinski definition) is 10. The monoisotopic (exact) mass is 540 g/mol. The molecule has 0 aromatic carbocycles. The molecule has 214 valence electrons. The number of hydrogen-bond acceptors (Lipinski definition) is 9. The molecule has 0 bridgehead atoms. The van der Waals surface area contributed by atoms with Crippen molar-refractivity contribution in [3.63, 3.8) is 0 Å². The van der Waals surface area contributed by atoms with Gasteiger partial charge >= 0.3 is 5.97 Å². The number of H-pyrrole nitrogens is 1. The minimum Gasteiger partial charge on any atom is -0.480 e. The minimum atomic E-state index is -1.49. The molecule has 14 N–H and O–H groups in total. The summed E-state index contributed by atoms with van der Waals surface area (Å²) >= 11 is 0. The molecule has 1 aromatic rings. The number of carboxylic acids is 1. The summed E-state index contributed by atoms with van der Waals surface area (Å²) in [6, 6.07) is -4.86. The Hall–Kier alpha value is -3.76. The molecule has 1 rings (SSSR count). The van der Waals surface area contributed by atoms with E-state index in [1.165, 1.54) is 19.4 Å². The van der Waals surface area contributed by atoms with Crippen molar-refractivity contribution >= 4 is 29.7 Å². The van der Waals surface area contributed by atoms with Gasteiger partial charge in [0, 0.05) is 24.9 Å². The number of carboxylic acid groups (broad SMARTS) is 1. The van der Waals surface area contributed by atoms with Crippen LogP contribution in [0, 0.1) is 0 Å². The smallest absolute Gasteiger partial charge is 0.326 e. The highest BCUT2D eigenvalue weighted by atomic mass is 16.4. The van der Waals surface area contributed by atoms with Crippen LogP contribution in [0.25, 0.3) is 0 Å². The Kier molecular flexibility index (Phi) is 14.3. The lowest BCUT2D eigenvalue weighted by Gasteiger charge is -2.26. The lowest BCUT2D eigenvalue weighted by Crippen LogP contribution is -2.59. The topological polar surface area (TPSA) is 290 Å². The van der Waals surface area contributed by atoms with Gasteiger partial charge in [-0.3, -0.25) is 19.4 Å². The number of aromatic nitrogens is 2. The van der Waals surface area contributed by atoms with Crippen molar-refractivity contribution in [3.8, 4) is 0 Å². The number of aliphatic carboxylic acids is 1. The average Bonchev–Trinajstić information content (AvgIpc) is 3.35. The Morgan fingerprint density at radius 3 is 2.24 bits per heavy atom. The number of nitrogens with two attached hydrogens (primary N) is 4. The molecule has 0 aliphatic heterocycles. The molecule has 16 heteroatoms. The fourth-order valence-corrected chi connectivity index (χ4v) is 3.45. The van der Waals surface area contributed by atoms with Crippen molar-refractivity contribution in [1.29, 1.82) is 0 Å². The van der Waals surface area contributed by atoms with Crippen LogP contribution in [0.1, 0.15) is 44.7 Å². The second-order valence-electron chi connectivity index (χ2n) is 8.81. The molecule has 1 aromatic heterocycles. The molecular weight excluding hydrogens is 500 g/mol. The Balaban J connectivity index is 2.88. The molecule has 0 saturated heterocycles. The Morgan fingerprint density at radius 1 is 1.03 bits per heavy atom. The molecule has 38 heavy (non-hydrogen) atoms. The van der Waals surface area contributed by atoms with Crippen LogP contribution in [-0.2, 0) is 25.6 Å². The number of nitrogens with one attached hydrogen (secondary N) is 4. The van der Waals surface area contributed by atoms with Crippen LogP contribution in [0.4, 0.5) is 0 Å². The van der Waals surface area contributed by atoms with Gasteiger partial charge in [0.1, 0.15) is 18.1 Å². The van der Waals surface area contributed by atoms with Gasteiger partial charge in [0.2, 0.25) is 17.7 Å². The van der Waals surface area contributed by atoms with E-state index in [0.29, 0.717) is 25.1 Å². The summed E-state index contributed by atoms with van der Waals surface area (Å²) in [6.45, 7) is 1.80. The lowest BCUT2D eigenvalue weighted by molar-refractivity contribution is -0.143. The van der Waals surface area contributed by atoms with Crippen LogP contribution in [-0.4, -0.2) is 93.2 Å². The number of aliphatic hydroxyl groups is 1. The van der Waals surface area contributed by atoms with Crippen molar-refractivity contribution in [1.82, 2.24) is 25.9 Å². The maximum Gasteiger partial charge on any atom is 0.326 e. The van der Waals surface area contributed by atoms with E-state index < -0.39 is 54.0 Å². The number of guanidine groups is 1. The van der Waals surface area contributed by atoms with Crippen LogP contribution in [0.2, 0.25) is 0 Å². The summed E-state index contributed by atoms with van der Waals surface area (Å²) in [5.41, 5.74) is 22.6. The summed E-state index contributed by atoms with van der Waals surface area (Å²) in [6.07, 6.45) is 3.29. The number of aliphatic imine (C=N–C) groups is 1. The second kappa shape index (κ2) is 16.9. The van der Waals surface area contributed by atoms with Crippen molar-refractivity contribution in [2.24, 2.45) is 27.9 Å². The Morgan fingerprint density at radius 2 is 1.68 bits per heavy atom. The fraction of sp³-hybridized carbons (Fsp3) is 0.636. The predicted octanol–water partition coefficient (Wildman–Crippen LogP) is -3.62. The van der Waals surface area contributed by atoms with Gasteiger partial charge in [0.15, 0.2) is 5.96 Å². The highest BCUT2D eigenvalue weighted by molar-refractivity contribution is 5.94. The SMILES string of the molecule is CC(O)C(NC(=O)C(CCCCN)NC(=O)C(N)Cc1cnc[nH]1)C(=O)NC(CCCN=C(N)N)C(=O)O. The molecule has 0 fully saturated rings. The number of aromatic amines is 1. The number of carbonyl (C=O) groups is 4. The van der Waals surface area contributed by atoms with E-state index >= 15 is 0 Å². The summed E-state index contributed by atoms with van der Waals surface area (Å²) in [7, 11) is 0. The first-order valence-electron chi connectivity index (χ1n) is 12.3. The maximum atomic E-state index is 13.1. The quantitative estimate of drug-likeness (QED) is 0.0492. The molecule has 0 saturated carbocycles. The van der Waals surface area contributed by atoms with E-state index in [-0.39, 0.29) is 38.2 Å². The third-order valence-corrected chi connectivity index (χ3v) is 5.53. The summed E-state index contributed by atoms with van der Waals surface area (Å²) in [4.78, 5) is 60.6. The van der Waals surface area contributed by atoms with Gasteiger partial charge < -0.3 is 54.1 Å². The van der Waals surface area contributed by atoms with Gasteiger partial charge in [-0.1, -0.05) is 0 Å². The normalized spacial score (nSPS) is 14.8. The summed E-state index contributed by atoms with van der Waals surface area (Å²) < 4.78 is 0. The number of amides is 3. The highest BCUT2D eigenvalue weighted by Gasteiger charge is 2.32. The fourth-order valence-electron chi connectivity index (χ4n) is 3.45. The predicted molar refractivity (Wildman–Crippen MR) is 138 cm³/mol. The van der Waals surface area contributed by atoms with Gasteiger partial charge in [-0.2, -0.15) is 0 Å². The van der Waals surface area contributed by atoms with Gasteiger partial charge in [-0.25, -0.2) is 9.78 Å². The highest BCUT2D eigenvalue weighted by Crippen LogP contribution is 2.06. The third-order valence-electron chi connectivity index (χ3n) is 5.53. The maximum absolute atomic E-state index is 13.1. The minimum absolute atomic E-state index is 0.00429.